The molecule has 0 aliphatic heterocycles. The van der Waals surface area contributed by atoms with Crippen molar-refractivity contribution in [3.8, 4) is 11.5 Å². The van der Waals surface area contributed by atoms with Crippen molar-refractivity contribution in [3.05, 3.63) is 51.8 Å². The molecule has 1 atom stereocenters. The van der Waals surface area contributed by atoms with Crippen LogP contribution in [0.4, 0.5) is 0 Å². The normalized spacial score (nSPS) is 12.0. The molecule has 2 aromatic heterocycles. The lowest BCUT2D eigenvalue weighted by molar-refractivity contribution is 0.0939. The Balaban J connectivity index is 1.77. The molecular formula is C22H27N3O5. The molecule has 0 aliphatic carbocycles. The first-order chi connectivity index (χ1) is 14.5. The summed E-state index contributed by atoms with van der Waals surface area (Å²) in [5.41, 5.74) is 0.758. The molecule has 0 spiro atoms. The number of amides is 1. The topological polar surface area (TPSA) is 106 Å². The monoisotopic (exact) mass is 413 g/mol. The number of carbonyl (C=O) groups is 1. The molecule has 1 unspecified atom stereocenters. The van der Waals surface area contributed by atoms with Crippen molar-refractivity contribution in [1.82, 2.24) is 15.3 Å². The van der Waals surface area contributed by atoms with E-state index in [1.54, 1.807) is 14.0 Å². The Morgan fingerprint density at radius 3 is 2.83 bits per heavy atom. The number of nitrogens with zero attached hydrogens (tertiary/aromatic N) is 1. The van der Waals surface area contributed by atoms with Gasteiger partial charge in [-0.2, -0.15) is 0 Å². The minimum Gasteiger partial charge on any atom is -0.493 e. The molecule has 1 aromatic carbocycles. The summed E-state index contributed by atoms with van der Waals surface area (Å²) in [5.74, 6) is 1.21. The SMILES string of the molecule is CCCCCOc1ccc(C(C)NC(=O)c2c(C)oc3nc[nH]c(=O)c23)cc1OC. The van der Waals surface area contributed by atoms with E-state index in [0.717, 1.165) is 24.8 Å². The molecule has 30 heavy (non-hydrogen) atoms. The van der Waals surface area contributed by atoms with Gasteiger partial charge in [-0.05, 0) is 38.0 Å². The maximum atomic E-state index is 12.9. The Morgan fingerprint density at radius 2 is 2.10 bits per heavy atom. The second kappa shape index (κ2) is 9.47. The summed E-state index contributed by atoms with van der Waals surface area (Å²) < 4.78 is 16.7. The van der Waals surface area contributed by atoms with Crippen molar-refractivity contribution in [3.63, 3.8) is 0 Å². The zero-order valence-corrected chi connectivity index (χ0v) is 17.7. The first kappa shape index (κ1) is 21.4. The number of hydrogen-bond acceptors (Lipinski definition) is 6. The van der Waals surface area contributed by atoms with Crippen LogP contribution in [0.2, 0.25) is 0 Å². The van der Waals surface area contributed by atoms with Crippen LogP contribution in [0.15, 0.2) is 33.7 Å². The van der Waals surface area contributed by atoms with Crippen LogP contribution in [0.5, 0.6) is 11.5 Å². The fourth-order valence-corrected chi connectivity index (χ4v) is 3.29. The molecule has 3 rings (SSSR count). The third kappa shape index (κ3) is 4.48. The highest BCUT2D eigenvalue weighted by Crippen LogP contribution is 2.31. The smallest absolute Gasteiger partial charge is 0.262 e. The molecule has 0 saturated heterocycles. The van der Waals surface area contributed by atoms with Crippen LogP contribution in [0.1, 0.15) is 60.8 Å². The Morgan fingerprint density at radius 1 is 1.30 bits per heavy atom. The summed E-state index contributed by atoms with van der Waals surface area (Å²) >= 11 is 0. The average molecular weight is 413 g/mol. The zero-order chi connectivity index (χ0) is 21.7. The van der Waals surface area contributed by atoms with Crippen molar-refractivity contribution in [2.75, 3.05) is 13.7 Å². The number of rotatable bonds is 9. The number of aryl methyl sites for hydroxylation is 1. The van der Waals surface area contributed by atoms with E-state index < -0.39 is 11.5 Å². The van der Waals surface area contributed by atoms with E-state index in [4.69, 9.17) is 13.9 Å². The van der Waals surface area contributed by atoms with E-state index in [1.165, 1.54) is 6.33 Å². The molecule has 0 fully saturated rings. The van der Waals surface area contributed by atoms with E-state index in [9.17, 15) is 9.59 Å². The predicted octanol–water partition coefficient (Wildman–Crippen LogP) is 3.89. The van der Waals surface area contributed by atoms with Crippen molar-refractivity contribution < 1.29 is 18.7 Å². The van der Waals surface area contributed by atoms with Gasteiger partial charge in [0, 0.05) is 0 Å². The number of H-pyrrole nitrogens is 1. The molecule has 0 bridgehead atoms. The van der Waals surface area contributed by atoms with Crippen LogP contribution in [0.25, 0.3) is 11.1 Å². The van der Waals surface area contributed by atoms with Gasteiger partial charge in [0.05, 0.1) is 31.6 Å². The number of unbranched alkanes of at least 4 members (excludes halogenated alkanes) is 2. The van der Waals surface area contributed by atoms with E-state index in [1.807, 2.05) is 25.1 Å². The molecule has 8 nitrogen and oxygen atoms in total. The van der Waals surface area contributed by atoms with E-state index in [-0.39, 0.29) is 22.7 Å². The lowest BCUT2D eigenvalue weighted by Crippen LogP contribution is -2.28. The number of methoxy groups -OCH3 is 1. The van der Waals surface area contributed by atoms with Crippen LogP contribution in [0, 0.1) is 6.92 Å². The molecule has 1 amide bonds. The number of nitrogens with one attached hydrogen (secondary N) is 2. The molecule has 0 aliphatic rings. The second-order valence-corrected chi connectivity index (χ2v) is 7.11. The van der Waals surface area contributed by atoms with Gasteiger partial charge in [-0.3, -0.25) is 9.59 Å². The fraction of sp³-hybridized carbons (Fsp3) is 0.409. The molecule has 0 radical (unpaired) electrons. The quantitative estimate of drug-likeness (QED) is 0.516. The highest BCUT2D eigenvalue weighted by Gasteiger charge is 2.23. The average Bonchev–Trinajstić information content (AvgIpc) is 3.08. The first-order valence-corrected chi connectivity index (χ1v) is 10.0. The maximum Gasteiger partial charge on any atom is 0.262 e. The number of aromatic nitrogens is 2. The molecular weight excluding hydrogens is 386 g/mol. The highest BCUT2D eigenvalue weighted by atomic mass is 16.5. The molecule has 160 valence electrons. The first-order valence-electron chi connectivity index (χ1n) is 10.0. The largest absolute Gasteiger partial charge is 0.493 e. The lowest BCUT2D eigenvalue weighted by atomic mass is 10.1. The molecule has 8 heteroatoms. The Hall–Kier alpha value is -3.29. The molecule has 0 saturated carbocycles. The summed E-state index contributed by atoms with van der Waals surface area (Å²) in [6.45, 7) is 6.26. The lowest BCUT2D eigenvalue weighted by Gasteiger charge is -2.17. The van der Waals surface area contributed by atoms with Crippen LogP contribution < -0.4 is 20.3 Å². The Bertz CT molecular complexity index is 1090. The Labute approximate surface area is 174 Å². The number of aromatic amines is 1. The van der Waals surface area contributed by atoms with Gasteiger partial charge in [-0.15, -0.1) is 0 Å². The maximum absolute atomic E-state index is 12.9. The van der Waals surface area contributed by atoms with E-state index in [0.29, 0.717) is 23.9 Å². The van der Waals surface area contributed by atoms with Crippen LogP contribution >= 0.6 is 0 Å². The van der Waals surface area contributed by atoms with Gasteiger partial charge in [0.25, 0.3) is 11.5 Å². The van der Waals surface area contributed by atoms with Crippen molar-refractivity contribution in [2.24, 2.45) is 0 Å². The third-order valence-electron chi connectivity index (χ3n) is 4.94. The van der Waals surface area contributed by atoms with Gasteiger partial charge in [-0.25, -0.2) is 4.98 Å². The van der Waals surface area contributed by atoms with Crippen LogP contribution in [-0.2, 0) is 0 Å². The van der Waals surface area contributed by atoms with Crippen molar-refractivity contribution in [2.45, 2.75) is 46.1 Å². The number of hydrogen-bond donors (Lipinski definition) is 2. The summed E-state index contributed by atoms with van der Waals surface area (Å²) in [5, 5.41) is 3.06. The number of ether oxygens (including phenoxy) is 2. The fourth-order valence-electron chi connectivity index (χ4n) is 3.29. The Kier molecular flexibility index (Phi) is 6.76. The zero-order valence-electron chi connectivity index (χ0n) is 17.7. The van der Waals surface area contributed by atoms with Gasteiger partial charge < -0.3 is 24.2 Å². The van der Waals surface area contributed by atoms with Crippen molar-refractivity contribution >= 4 is 17.0 Å². The van der Waals surface area contributed by atoms with E-state index >= 15 is 0 Å². The van der Waals surface area contributed by atoms with Gasteiger partial charge >= 0.3 is 0 Å². The van der Waals surface area contributed by atoms with Gasteiger partial charge in [0.2, 0.25) is 5.71 Å². The highest BCUT2D eigenvalue weighted by molar-refractivity contribution is 6.06. The number of carbonyl (C=O) groups excluding carboxylic acids is 1. The van der Waals surface area contributed by atoms with Gasteiger partial charge in [-0.1, -0.05) is 25.8 Å². The number of fused-ring (bicyclic) bond motifs is 1. The van der Waals surface area contributed by atoms with Crippen LogP contribution in [-0.4, -0.2) is 29.6 Å². The van der Waals surface area contributed by atoms with Crippen molar-refractivity contribution in [1.29, 1.82) is 0 Å². The van der Waals surface area contributed by atoms with Crippen LogP contribution in [0.3, 0.4) is 0 Å². The third-order valence-corrected chi connectivity index (χ3v) is 4.94. The predicted molar refractivity (Wildman–Crippen MR) is 113 cm³/mol. The number of furan rings is 1. The second-order valence-electron chi connectivity index (χ2n) is 7.11. The minimum atomic E-state index is -0.416. The number of benzene rings is 1. The van der Waals surface area contributed by atoms with Gasteiger partial charge in [0.15, 0.2) is 11.5 Å². The molecule has 2 N–H and O–H groups in total. The summed E-state index contributed by atoms with van der Waals surface area (Å²) in [6, 6.07) is 5.24. The summed E-state index contributed by atoms with van der Waals surface area (Å²) in [6.07, 6.45) is 4.48. The summed E-state index contributed by atoms with van der Waals surface area (Å²) in [7, 11) is 1.58. The molecule has 3 aromatic rings. The van der Waals surface area contributed by atoms with E-state index in [2.05, 4.69) is 22.2 Å². The standard InChI is InChI=1S/C22H27N3O5/c1-5-6-7-10-29-16-9-8-15(11-17(16)28-4)13(2)25-21(27)18-14(3)30-22-19(18)20(26)23-12-24-22/h8-9,11-13H,5-7,10H2,1-4H3,(H,25,27)(H,23,24,26). The summed E-state index contributed by atoms with van der Waals surface area (Å²) in [4.78, 5) is 31.5. The minimum absolute atomic E-state index is 0.139. The molecule has 2 heterocycles. The van der Waals surface area contributed by atoms with Gasteiger partial charge in [0.1, 0.15) is 11.1 Å².